The van der Waals surface area contributed by atoms with E-state index in [4.69, 9.17) is 18.9 Å². The van der Waals surface area contributed by atoms with Crippen LogP contribution in [0.15, 0.2) is 72.9 Å². The van der Waals surface area contributed by atoms with Crippen molar-refractivity contribution in [2.45, 2.75) is 179 Å². The Morgan fingerprint density at radius 1 is 0.564 bits per heavy atom. The molecular formula is C45H74O10. The summed E-state index contributed by atoms with van der Waals surface area (Å²) in [6.07, 6.45) is 36.2. The third-order valence-corrected chi connectivity index (χ3v) is 9.09. The quantitative estimate of drug-likeness (QED) is 0.0291. The molecule has 0 aromatic heterocycles. The van der Waals surface area contributed by atoms with Crippen molar-refractivity contribution in [3.05, 3.63) is 72.9 Å². The molecule has 0 aromatic rings. The van der Waals surface area contributed by atoms with Crippen LogP contribution < -0.4 is 0 Å². The number of aliphatic hydroxyl groups is 4. The van der Waals surface area contributed by atoms with Crippen LogP contribution >= 0.6 is 0 Å². The van der Waals surface area contributed by atoms with E-state index in [-0.39, 0.29) is 26.1 Å². The van der Waals surface area contributed by atoms with E-state index in [1.165, 1.54) is 0 Å². The van der Waals surface area contributed by atoms with Gasteiger partial charge in [0, 0.05) is 12.8 Å². The third-order valence-electron chi connectivity index (χ3n) is 9.09. The number of rotatable bonds is 33. The van der Waals surface area contributed by atoms with E-state index >= 15 is 0 Å². The van der Waals surface area contributed by atoms with E-state index in [1.54, 1.807) is 0 Å². The summed E-state index contributed by atoms with van der Waals surface area (Å²) in [6.45, 7) is 3.14. The maximum absolute atomic E-state index is 12.7. The van der Waals surface area contributed by atoms with Gasteiger partial charge in [-0.2, -0.15) is 0 Å². The van der Waals surface area contributed by atoms with Gasteiger partial charge < -0.3 is 39.4 Å². The van der Waals surface area contributed by atoms with Gasteiger partial charge in [-0.15, -0.1) is 0 Å². The number of ether oxygens (including phenoxy) is 4. The van der Waals surface area contributed by atoms with Crippen molar-refractivity contribution in [3.63, 3.8) is 0 Å². The van der Waals surface area contributed by atoms with E-state index in [1.807, 2.05) is 0 Å². The molecule has 0 radical (unpaired) electrons. The van der Waals surface area contributed by atoms with Gasteiger partial charge >= 0.3 is 11.9 Å². The van der Waals surface area contributed by atoms with Crippen LogP contribution in [0.25, 0.3) is 0 Å². The van der Waals surface area contributed by atoms with Gasteiger partial charge in [0.05, 0.1) is 13.2 Å². The Labute approximate surface area is 332 Å². The summed E-state index contributed by atoms with van der Waals surface area (Å²) in [5, 5.41) is 40.0. The van der Waals surface area contributed by atoms with E-state index < -0.39 is 55.4 Å². The fourth-order valence-electron chi connectivity index (χ4n) is 5.80. The molecule has 1 rings (SSSR count). The first kappa shape index (κ1) is 50.2. The molecule has 1 aliphatic heterocycles. The van der Waals surface area contributed by atoms with Crippen molar-refractivity contribution in [1.29, 1.82) is 0 Å². The lowest BCUT2D eigenvalue weighted by Gasteiger charge is -2.39. The third kappa shape index (κ3) is 27.4. The van der Waals surface area contributed by atoms with Gasteiger partial charge in [0.15, 0.2) is 12.4 Å². The lowest BCUT2D eigenvalue weighted by molar-refractivity contribution is -0.305. The first-order valence-electron chi connectivity index (χ1n) is 21.0. The molecule has 1 fully saturated rings. The molecule has 0 aromatic carbocycles. The van der Waals surface area contributed by atoms with E-state index in [0.717, 1.165) is 103 Å². The van der Waals surface area contributed by atoms with Gasteiger partial charge in [-0.05, 0) is 77.0 Å². The molecule has 314 valence electrons. The number of allylic oxidation sites excluding steroid dienone is 12. The number of carbonyl (C=O) groups excluding carboxylic acids is 2. The standard InChI is InChI=1S/C45H74O10/c1-3-5-7-9-11-13-15-17-19-21-23-25-27-29-31-33-40(47)52-36-38(37-53-45-44(51)43(50)42(49)39(35-46)55-45)54-41(48)34-32-30-28-26-24-22-20-18-16-14-12-10-8-6-4-2/h5-8,11-14,17-20,38-39,42-46,49-51H,3-4,9-10,15-16,21-37H2,1-2H3/b7-5-,8-6-,13-11-,14-12-,19-17-,20-18-/t38-,39+,42+,43-,44+,45+/m1/s1. The summed E-state index contributed by atoms with van der Waals surface area (Å²) in [4.78, 5) is 25.3. The largest absolute Gasteiger partial charge is 0.462 e. The van der Waals surface area contributed by atoms with E-state index in [9.17, 15) is 30.0 Å². The van der Waals surface area contributed by atoms with E-state index in [2.05, 4.69) is 86.8 Å². The molecule has 4 N–H and O–H groups in total. The summed E-state index contributed by atoms with van der Waals surface area (Å²) in [5.74, 6) is -0.855. The van der Waals surface area contributed by atoms with Gasteiger partial charge in [-0.1, -0.05) is 125 Å². The molecule has 0 spiro atoms. The Morgan fingerprint density at radius 3 is 1.53 bits per heavy atom. The zero-order valence-corrected chi connectivity index (χ0v) is 33.9. The Balaban J connectivity index is 2.39. The van der Waals surface area contributed by atoms with Crippen molar-refractivity contribution < 1.29 is 49.0 Å². The topological polar surface area (TPSA) is 152 Å². The molecule has 1 aliphatic rings. The van der Waals surface area contributed by atoms with Crippen LogP contribution in [0.4, 0.5) is 0 Å². The van der Waals surface area contributed by atoms with Crippen LogP contribution in [0.2, 0.25) is 0 Å². The fourth-order valence-corrected chi connectivity index (χ4v) is 5.80. The minimum atomic E-state index is -1.60. The van der Waals surface area contributed by atoms with Crippen molar-refractivity contribution in [3.8, 4) is 0 Å². The maximum atomic E-state index is 12.7. The Hall–Kier alpha value is -2.86. The van der Waals surface area contributed by atoms with Crippen LogP contribution in [0, 0.1) is 0 Å². The van der Waals surface area contributed by atoms with Crippen LogP contribution in [0.3, 0.4) is 0 Å². The zero-order chi connectivity index (χ0) is 40.2. The average Bonchev–Trinajstić information content (AvgIpc) is 3.18. The van der Waals surface area contributed by atoms with Crippen molar-refractivity contribution in [2.24, 2.45) is 0 Å². The van der Waals surface area contributed by atoms with Crippen LogP contribution in [0.1, 0.15) is 142 Å². The molecule has 0 aliphatic carbocycles. The van der Waals surface area contributed by atoms with Crippen LogP contribution in [-0.2, 0) is 28.5 Å². The average molecular weight is 775 g/mol. The smallest absolute Gasteiger partial charge is 0.306 e. The molecule has 0 amide bonds. The van der Waals surface area contributed by atoms with Crippen molar-refractivity contribution in [2.75, 3.05) is 19.8 Å². The first-order valence-corrected chi connectivity index (χ1v) is 21.0. The zero-order valence-electron chi connectivity index (χ0n) is 33.9. The van der Waals surface area contributed by atoms with Gasteiger partial charge in [0.25, 0.3) is 0 Å². The highest BCUT2D eigenvalue weighted by Crippen LogP contribution is 2.22. The highest BCUT2D eigenvalue weighted by Gasteiger charge is 2.44. The molecule has 55 heavy (non-hydrogen) atoms. The van der Waals surface area contributed by atoms with E-state index in [0.29, 0.717) is 12.8 Å². The number of hydrogen-bond donors (Lipinski definition) is 4. The van der Waals surface area contributed by atoms with Gasteiger partial charge in [-0.25, -0.2) is 0 Å². The Bertz CT molecular complexity index is 1120. The normalized spacial score (nSPS) is 21.3. The fraction of sp³-hybridized carbons (Fsp3) is 0.689. The predicted octanol–water partition coefficient (Wildman–Crippen LogP) is 8.44. The first-order chi connectivity index (χ1) is 26.8. The van der Waals surface area contributed by atoms with Gasteiger partial charge in [0.2, 0.25) is 0 Å². The Morgan fingerprint density at radius 2 is 1.02 bits per heavy atom. The second kappa shape index (κ2) is 35.5. The highest BCUT2D eigenvalue weighted by atomic mass is 16.7. The second-order valence-corrected chi connectivity index (χ2v) is 14.0. The molecule has 0 unspecified atom stereocenters. The molecule has 1 saturated heterocycles. The highest BCUT2D eigenvalue weighted by molar-refractivity contribution is 5.70. The minimum Gasteiger partial charge on any atom is -0.462 e. The number of hydrogen-bond acceptors (Lipinski definition) is 10. The summed E-state index contributed by atoms with van der Waals surface area (Å²) in [6, 6.07) is 0. The summed E-state index contributed by atoms with van der Waals surface area (Å²) in [7, 11) is 0. The number of unbranched alkanes of at least 4 members (excludes halogenated alkanes) is 10. The molecule has 10 nitrogen and oxygen atoms in total. The number of carbonyl (C=O) groups is 2. The van der Waals surface area contributed by atoms with Crippen molar-refractivity contribution in [1.82, 2.24) is 0 Å². The summed E-state index contributed by atoms with van der Waals surface area (Å²) >= 11 is 0. The van der Waals surface area contributed by atoms with Crippen LogP contribution in [-0.4, -0.2) is 89.0 Å². The SMILES string of the molecule is CC/C=C\C/C=C\C/C=C\CCCCCCCC(=O)OC[C@H](CO[C@H]1O[C@@H](CO)[C@H](O)[C@@H](O)[C@@H]1O)OC(=O)CCCCCCC/C=C\C/C=C\C/C=C\CC. The molecular weight excluding hydrogens is 700 g/mol. The lowest BCUT2D eigenvalue weighted by atomic mass is 9.99. The summed E-state index contributed by atoms with van der Waals surface area (Å²) < 4.78 is 22.1. The van der Waals surface area contributed by atoms with Crippen LogP contribution in [0.5, 0.6) is 0 Å². The van der Waals surface area contributed by atoms with Gasteiger partial charge in [-0.3, -0.25) is 9.59 Å². The molecule has 10 heteroatoms. The van der Waals surface area contributed by atoms with Gasteiger partial charge in [0.1, 0.15) is 31.0 Å². The number of esters is 2. The maximum Gasteiger partial charge on any atom is 0.306 e. The number of aliphatic hydroxyl groups excluding tert-OH is 4. The molecule has 6 atom stereocenters. The molecule has 0 saturated carbocycles. The van der Waals surface area contributed by atoms with Crippen molar-refractivity contribution >= 4 is 11.9 Å². The monoisotopic (exact) mass is 775 g/mol. The second-order valence-electron chi connectivity index (χ2n) is 14.0. The molecule has 0 bridgehead atoms. The predicted molar refractivity (Wildman–Crippen MR) is 219 cm³/mol. The summed E-state index contributed by atoms with van der Waals surface area (Å²) in [5.41, 5.74) is 0. The minimum absolute atomic E-state index is 0.202. The Kier molecular flexibility index (Phi) is 32.4. The lowest BCUT2D eigenvalue weighted by Crippen LogP contribution is -2.59. The molecule has 1 heterocycles.